The van der Waals surface area contributed by atoms with Crippen LogP contribution in [-0.2, 0) is 24.9 Å². The summed E-state index contributed by atoms with van der Waals surface area (Å²) in [5.74, 6) is 2.48. The molecule has 3 atom stereocenters. The van der Waals surface area contributed by atoms with Gasteiger partial charge in [0.1, 0.15) is 6.10 Å². The SMILES string of the molecule is CN=C(NCc1ccccc1CN1CC(C)CC(C)C1)N1CCOC(c2cnn(C)c2)C1.I. The van der Waals surface area contributed by atoms with Crippen molar-refractivity contribution in [3.05, 3.63) is 53.3 Å². The van der Waals surface area contributed by atoms with Gasteiger partial charge in [0, 0.05) is 58.6 Å². The second-order valence-corrected chi connectivity index (χ2v) is 9.56. The fourth-order valence-electron chi connectivity index (χ4n) is 5.20. The molecule has 2 aromatic rings. The van der Waals surface area contributed by atoms with Crippen LogP contribution in [0, 0.1) is 11.8 Å². The molecule has 2 aliphatic rings. The molecular weight excluding hydrogens is 527 g/mol. The predicted molar refractivity (Wildman–Crippen MR) is 144 cm³/mol. The minimum atomic E-state index is 0. The number of benzene rings is 1. The Labute approximate surface area is 215 Å². The molecule has 2 aliphatic heterocycles. The van der Waals surface area contributed by atoms with Gasteiger partial charge in [-0.2, -0.15) is 5.10 Å². The highest BCUT2D eigenvalue weighted by Gasteiger charge is 2.26. The Kier molecular flexibility index (Phi) is 9.57. The van der Waals surface area contributed by atoms with Crippen LogP contribution in [0.15, 0.2) is 41.7 Å². The molecule has 2 fully saturated rings. The van der Waals surface area contributed by atoms with Crippen LogP contribution in [0.5, 0.6) is 0 Å². The van der Waals surface area contributed by atoms with Gasteiger partial charge in [-0.1, -0.05) is 38.1 Å². The molecule has 3 unspecified atom stereocenters. The van der Waals surface area contributed by atoms with Gasteiger partial charge in [-0.05, 0) is 29.4 Å². The van der Waals surface area contributed by atoms with Crippen molar-refractivity contribution in [1.29, 1.82) is 0 Å². The first-order valence-electron chi connectivity index (χ1n) is 11.9. The van der Waals surface area contributed by atoms with Gasteiger partial charge in [0.25, 0.3) is 0 Å². The maximum atomic E-state index is 6.00. The summed E-state index contributed by atoms with van der Waals surface area (Å²) in [5, 5.41) is 7.90. The first-order valence-corrected chi connectivity index (χ1v) is 11.9. The number of aryl methyl sites for hydroxylation is 1. The van der Waals surface area contributed by atoms with Crippen LogP contribution in [-0.4, -0.2) is 65.4 Å². The summed E-state index contributed by atoms with van der Waals surface area (Å²) in [6.45, 7) is 11.2. The summed E-state index contributed by atoms with van der Waals surface area (Å²) < 4.78 is 7.83. The van der Waals surface area contributed by atoms with Crippen LogP contribution >= 0.6 is 24.0 Å². The summed E-state index contributed by atoms with van der Waals surface area (Å²) in [6.07, 6.45) is 5.29. The normalized spacial score (nSPS) is 24.4. The average molecular weight is 567 g/mol. The number of hydrogen-bond acceptors (Lipinski definition) is 4. The van der Waals surface area contributed by atoms with Crippen LogP contribution in [0.3, 0.4) is 0 Å². The number of morpholine rings is 1. The number of nitrogens with one attached hydrogen (secondary N) is 1. The largest absolute Gasteiger partial charge is 0.370 e. The smallest absolute Gasteiger partial charge is 0.194 e. The van der Waals surface area contributed by atoms with Gasteiger partial charge in [0.2, 0.25) is 0 Å². The maximum absolute atomic E-state index is 6.00. The standard InChI is InChI=1S/C25H38N6O.HI/c1-19-11-20(2)15-30(14-19)17-22-8-6-5-7-21(22)12-27-25(26-3)31-9-10-32-24(18-31)23-13-28-29(4)16-23;/h5-8,13,16,19-20,24H,9-12,14-15,17-18H2,1-4H3,(H,26,27);1H. The van der Waals surface area contributed by atoms with Crippen molar-refractivity contribution in [3.8, 4) is 0 Å². The second-order valence-electron chi connectivity index (χ2n) is 9.56. The number of ether oxygens (including phenoxy) is 1. The third-order valence-electron chi connectivity index (χ3n) is 6.57. The van der Waals surface area contributed by atoms with Gasteiger partial charge in [-0.3, -0.25) is 14.6 Å². The molecule has 1 aromatic heterocycles. The molecule has 182 valence electrons. The topological polar surface area (TPSA) is 57.9 Å². The molecule has 0 aliphatic carbocycles. The Bertz CT molecular complexity index is 906. The highest BCUT2D eigenvalue weighted by molar-refractivity contribution is 14.0. The number of aromatic nitrogens is 2. The van der Waals surface area contributed by atoms with E-state index < -0.39 is 0 Å². The van der Waals surface area contributed by atoms with Crippen molar-refractivity contribution in [2.45, 2.75) is 39.5 Å². The summed E-state index contributed by atoms with van der Waals surface area (Å²) in [6, 6.07) is 8.81. The third kappa shape index (κ3) is 6.93. The molecule has 7 nitrogen and oxygen atoms in total. The molecule has 8 heteroatoms. The zero-order valence-electron chi connectivity index (χ0n) is 20.4. The van der Waals surface area contributed by atoms with Crippen LogP contribution in [0.4, 0.5) is 0 Å². The fraction of sp³-hybridized carbons (Fsp3) is 0.600. The van der Waals surface area contributed by atoms with Crippen molar-refractivity contribution in [2.24, 2.45) is 23.9 Å². The zero-order chi connectivity index (χ0) is 22.5. The van der Waals surface area contributed by atoms with Gasteiger partial charge in [-0.15, -0.1) is 24.0 Å². The molecule has 3 heterocycles. The molecule has 0 saturated carbocycles. The van der Waals surface area contributed by atoms with Gasteiger partial charge in [-0.25, -0.2) is 0 Å². The van der Waals surface area contributed by atoms with Crippen LogP contribution in [0.1, 0.15) is 43.1 Å². The quantitative estimate of drug-likeness (QED) is 0.340. The minimum absolute atomic E-state index is 0. The summed E-state index contributed by atoms with van der Waals surface area (Å²) in [5.41, 5.74) is 3.87. The van der Waals surface area contributed by atoms with Gasteiger partial charge in [0.05, 0.1) is 19.3 Å². The lowest BCUT2D eigenvalue weighted by molar-refractivity contribution is -0.00805. The van der Waals surface area contributed by atoms with Crippen molar-refractivity contribution in [1.82, 2.24) is 24.9 Å². The Balaban J connectivity index is 0.00000306. The zero-order valence-corrected chi connectivity index (χ0v) is 22.7. The summed E-state index contributed by atoms with van der Waals surface area (Å²) >= 11 is 0. The van der Waals surface area contributed by atoms with E-state index in [9.17, 15) is 0 Å². The maximum Gasteiger partial charge on any atom is 0.194 e. The molecule has 0 spiro atoms. The van der Waals surface area contributed by atoms with Crippen molar-refractivity contribution in [3.63, 3.8) is 0 Å². The Morgan fingerprint density at radius 3 is 2.55 bits per heavy atom. The Hall–Kier alpha value is -1.65. The van der Waals surface area contributed by atoms with E-state index >= 15 is 0 Å². The lowest BCUT2D eigenvalue weighted by atomic mass is 9.91. The van der Waals surface area contributed by atoms with E-state index in [0.717, 1.165) is 49.5 Å². The van der Waals surface area contributed by atoms with E-state index in [0.29, 0.717) is 6.61 Å². The monoisotopic (exact) mass is 566 g/mol. The Morgan fingerprint density at radius 1 is 1.15 bits per heavy atom. The van der Waals surface area contributed by atoms with Gasteiger partial charge < -0.3 is 15.0 Å². The number of halogens is 1. The lowest BCUT2D eigenvalue weighted by Gasteiger charge is -2.36. The summed E-state index contributed by atoms with van der Waals surface area (Å²) in [4.78, 5) is 9.48. The number of nitrogens with zero attached hydrogens (tertiary/aromatic N) is 5. The highest BCUT2D eigenvalue weighted by atomic mass is 127. The van der Waals surface area contributed by atoms with Gasteiger partial charge in [0.15, 0.2) is 5.96 Å². The lowest BCUT2D eigenvalue weighted by Crippen LogP contribution is -2.48. The first-order chi connectivity index (χ1) is 15.5. The average Bonchev–Trinajstić information content (AvgIpc) is 3.21. The molecule has 1 N–H and O–H groups in total. The molecule has 1 aromatic carbocycles. The van der Waals surface area contributed by atoms with E-state index in [1.54, 1.807) is 0 Å². The van der Waals surface area contributed by atoms with Crippen LogP contribution in [0.2, 0.25) is 0 Å². The van der Waals surface area contributed by atoms with E-state index in [2.05, 4.69) is 63.3 Å². The molecule has 2 saturated heterocycles. The van der Waals surface area contributed by atoms with E-state index in [4.69, 9.17) is 4.74 Å². The fourth-order valence-corrected chi connectivity index (χ4v) is 5.20. The minimum Gasteiger partial charge on any atom is -0.370 e. The summed E-state index contributed by atoms with van der Waals surface area (Å²) in [7, 11) is 3.80. The van der Waals surface area contributed by atoms with E-state index in [1.807, 2.05) is 31.2 Å². The molecule has 0 amide bonds. The number of rotatable bonds is 5. The van der Waals surface area contributed by atoms with Crippen molar-refractivity contribution < 1.29 is 4.74 Å². The number of piperidine rings is 1. The van der Waals surface area contributed by atoms with Crippen molar-refractivity contribution in [2.75, 3.05) is 39.8 Å². The van der Waals surface area contributed by atoms with E-state index in [1.165, 1.54) is 30.6 Å². The van der Waals surface area contributed by atoms with Crippen molar-refractivity contribution >= 4 is 29.9 Å². The molecule has 4 rings (SSSR count). The second kappa shape index (κ2) is 12.2. The van der Waals surface area contributed by atoms with Crippen LogP contribution in [0.25, 0.3) is 0 Å². The van der Waals surface area contributed by atoms with E-state index in [-0.39, 0.29) is 30.1 Å². The van der Waals surface area contributed by atoms with Crippen LogP contribution < -0.4 is 5.32 Å². The highest BCUT2D eigenvalue weighted by Crippen LogP contribution is 2.24. The molecular formula is C25H39IN6O. The Morgan fingerprint density at radius 2 is 1.88 bits per heavy atom. The number of likely N-dealkylation sites (tertiary alicyclic amines) is 1. The third-order valence-corrected chi connectivity index (χ3v) is 6.57. The first kappa shape index (κ1) is 26.0. The van der Waals surface area contributed by atoms with Gasteiger partial charge >= 0.3 is 0 Å². The number of aliphatic imine (C=N–C) groups is 1. The predicted octanol–water partition coefficient (Wildman–Crippen LogP) is 3.66. The number of guanidine groups is 1. The molecule has 0 radical (unpaired) electrons. The molecule has 33 heavy (non-hydrogen) atoms. The number of hydrogen-bond donors (Lipinski definition) is 1. The molecule has 0 bridgehead atoms.